The molecule has 3 aromatic rings. The molecule has 0 spiro atoms. The Kier molecular flexibility index (Phi) is 9.85. The van der Waals surface area contributed by atoms with Crippen LogP contribution in [0.5, 0.6) is 5.75 Å². The van der Waals surface area contributed by atoms with Gasteiger partial charge in [-0.05, 0) is 58.6 Å². The molecule has 2 amide bonds. The molecule has 7 heteroatoms. The van der Waals surface area contributed by atoms with E-state index in [1.807, 2.05) is 55.5 Å². The lowest BCUT2D eigenvalue weighted by Crippen LogP contribution is -2.51. The Morgan fingerprint density at radius 2 is 1.71 bits per heavy atom. The van der Waals surface area contributed by atoms with E-state index < -0.39 is 17.8 Å². The topological polar surface area (TPSA) is 58.6 Å². The summed E-state index contributed by atoms with van der Waals surface area (Å²) in [6.45, 7) is 3.95. The molecule has 0 unspecified atom stereocenters. The van der Waals surface area contributed by atoms with Gasteiger partial charge in [0.2, 0.25) is 5.91 Å². The Bertz CT molecular complexity index is 1140. The van der Waals surface area contributed by atoms with Crippen molar-refractivity contribution in [3.63, 3.8) is 0 Å². The zero-order chi connectivity index (χ0) is 25.2. The molecule has 0 aromatic heterocycles. The van der Waals surface area contributed by atoms with E-state index >= 15 is 0 Å². The number of aryl methyl sites for hydroxylation is 1. The minimum absolute atomic E-state index is 0.0561. The van der Waals surface area contributed by atoms with Gasteiger partial charge in [0.15, 0.2) is 6.61 Å². The number of ether oxygens (including phenoxy) is 1. The van der Waals surface area contributed by atoms with Crippen LogP contribution >= 0.6 is 15.9 Å². The number of halogens is 2. The number of hydrogen-bond acceptors (Lipinski definition) is 3. The zero-order valence-corrected chi connectivity index (χ0v) is 21.6. The average molecular weight is 541 g/mol. The van der Waals surface area contributed by atoms with Crippen LogP contribution in [0.1, 0.15) is 30.5 Å². The lowest BCUT2D eigenvalue weighted by Gasteiger charge is -2.31. The molecule has 0 radical (unpaired) electrons. The molecule has 1 N–H and O–H groups in total. The number of carbonyl (C=O) groups is 2. The second-order valence-electron chi connectivity index (χ2n) is 8.12. The number of hydrogen-bond donors (Lipinski definition) is 1. The minimum atomic E-state index is -0.834. The Balaban J connectivity index is 1.90. The summed E-state index contributed by atoms with van der Waals surface area (Å²) in [5.41, 5.74) is 2.36. The number of nitrogens with one attached hydrogen (secondary N) is 1. The van der Waals surface area contributed by atoms with Crippen LogP contribution in [0.25, 0.3) is 0 Å². The molecule has 0 bridgehead atoms. The largest absolute Gasteiger partial charge is 0.483 e. The lowest BCUT2D eigenvalue weighted by molar-refractivity contribution is -0.142. The fourth-order valence-electron chi connectivity index (χ4n) is 3.76. The molecular formula is C28H30BrFN2O3. The summed E-state index contributed by atoms with van der Waals surface area (Å²) in [6.07, 6.45) is 1.17. The van der Waals surface area contributed by atoms with Gasteiger partial charge in [-0.25, -0.2) is 4.39 Å². The highest BCUT2D eigenvalue weighted by Gasteiger charge is 2.31. The van der Waals surface area contributed by atoms with Gasteiger partial charge in [0.1, 0.15) is 17.6 Å². The van der Waals surface area contributed by atoms with Gasteiger partial charge in [0, 0.05) is 25.1 Å². The van der Waals surface area contributed by atoms with Crippen molar-refractivity contribution >= 4 is 27.7 Å². The highest BCUT2D eigenvalue weighted by Crippen LogP contribution is 2.26. The molecule has 0 heterocycles. The van der Waals surface area contributed by atoms with Crippen molar-refractivity contribution in [1.82, 2.24) is 10.2 Å². The van der Waals surface area contributed by atoms with Gasteiger partial charge in [0.05, 0.1) is 4.47 Å². The fraction of sp³-hybridized carbons (Fsp3) is 0.286. The molecule has 3 rings (SSSR count). The molecule has 0 saturated heterocycles. The van der Waals surface area contributed by atoms with Crippen LogP contribution in [0, 0.1) is 5.82 Å². The van der Waals surface area contributed by atoms with E-state index in [0.29, 0.717) is 24.3 Å². The van der Waals surface area contributed by atoms with Crippen LogP contribution in [0.2, 0.25) is 0 Å². The molecule has 3 aromatic carbocycles. The molecular weight excluding hydrogens is 511 g/mol. The van der Waals surface area contributed by atoms with Crippen LogP contribution in [0.3, 0.4) is 0 Å². The van der Waals surface area contributed by atoms with Gasteiger partial charge in [-0.3, -0.25) is 9.59 Å². The first-order valence-corrected chi connectivity index (χ1v) is 12.5. The minimum Gasteiger partial charge on any atom is -0.483 e. The number of likely N-dealkylation sites (N-methyl/N-ethyl adjacent to an activating group) is 1. The first kappa shape index (κ1) is 26.4. The monoisotopic (exact) mass is 540 g/mol. The van der Waals surface area contributed by atoms with Gasteiger partial charge in [0.25, 0.3) is 5.91 Å². The van der Waals surface area contributed by atoms with E-state index in [0.717, 1.165) is 22.0 Å². The van der Waals surface area contributed by atoms with Gasteiger partial charge in [-0.2, -0.15) is 0 Å². The Morgan fingerprint density at radius 1 is 1.00 bits per heavy atom. The number of nitrogens with zero attached hydrogens (tertiary/aromatic N) is 1. The van der Waals surface area contributed by atoms with Crippen LogP contribution in [-0.2, 0) is 29.0 Å². The zero-order valence-electron chi connectivity index (χ0n) is 20.0. The molecule has 184 valence electrons. The summed E-state index contributed by atoms with van der Waals surface area (Å²) < 4.78 is 21.1. The molecule has 5 nitrogen and oxygen atoms in total. The van der Waals surface area contributed by atoms with E-state index in [1.54, 1.807) is 18.2 Å². The molecule has 0 aliphatic carbocycles. The normalized spacial score (nSPS) is 11.5. The van der Waals surface area contributed by atoms with Crippen molar-refractivity contribution in [1.29, 1.82) is 0 Å². The maximum atomic E-state index is 14.6. The standard InChI is InChI=1S/C28H30BrFN2O3/c1-3-20-14-15-26(23(29)16-20)35-19-27(33)32(18-22-12-8-9-13-24(22)30)25(28(34)31-4-2)17-21-10-6-5-7-11-21/h5-16,25H,3-4,17-19H2,1-2H3,(H,31,34)/t25-/m1/s1. The summed E-state index contributed by atoms with van der Waals surface area (Å²) in [5.74, 6) is -0.612. The van der Waals surface area contributed by atoms with Crippen LogP contribution < -0.4 is 10.1 Å². The van der Waals surface area contributed by atoms with E-state index in [9.17, 15) is 14.0 Å². The van der Waals surface area contributed by atoms with Gasteiger partial charge in [-0.1, -0.05) is 61.5 Å². The number of rotatable bonds is 11. The average Bonchev–Trinajstić information content (AvgIpc) is 2.87. The Labute approximate surface area is 214 Å². The van der Waals surface area contributed by atoms with Gasteiger partial charge < -0.3 is 15.0 Å². The van der Waals surface area contributed by atoms with Gasteiger partial charge >= 0.3 is 0 Å². The predicted molar refractivity (Wildman–Crippen MR) is 139 cm³/mol. The first-order valence-electron chi connectivity index (χ1n) is 11.7. The highest BCUT2D eigenvalue weighted by molar-refractivity contribution is 9.10. The summed E-state index contributed by atoms with van der Waals surface area (Å²) in [4.78, 5) is 28.0. The summed E-state index contributed by atoms with van der Waals surface area (Å²) in [5, 5.41) is 2.82. The molecule has 35 heavy (non-hydrogen) atoms. The maximum absolute atomic E-state index is 14.6. The van der Waals surface area contributed by atoms with E-state index in [4.69, 9.17) is 4.74 Å². The quantitative estimate of drug-likeness (QED) is 0.358. The third-order valence-electron chi connectivity index (χ3n) is 5.68. The third kappa shape index (κ3) is 7.39. The van der Waals surface area contributed by atoms with Gasteiger partial charge in [-0.15, -0.1) is 0 Å². The third-order valence-corrected chi connectivity index (χ3v) is 6.30. The summed E-state index contributed by atoms with van der Waals surface area (Å²) in [6, 6.07) is 20.6. The molecule has 0 saturated carbocycles. The van der Waals surface area contributed by atoms with Crippen molar-refractivity contribution in [3.8, 4) is 5.75 Å². The van der Waals surface area contributed by atoms with Crippen LogP contribution in [0.15, 0.2) is 77.3 Å². The van der Waals surface area contributed by atoms with E-state index in [1.165, 1.54) is 11.0 Å². The van der Waals surface area contributed by atoms with Crippen molar-refractivity contribution in [2.75, 3.05) is 13.2 Å². The summed E-state index contributed by atoms with van der Waals surface area (Å²) >= 11 is 3.49. The van der Waals surface area contributed by atoms with E-state index in [-0.39, 0.29) is 19.1 Å². The summed E-state index contributed by atoms with van der Waals surface area (Å²) in [7, 11) is 0. The molecule has 0 aliphatic rings. The Hall–Kier alpha value is -3.19. The highest BCUT2D eigenvalue weighted by atomic mass is 79.9. The molecule has 0 aliphatic heterocycles. The smallest absolute Gasteiger partial charge is 0.261 e. The van der Waals surface area contributed by atoms with Crippen molar-refractivity contribution < 1.29 is 18.7 Å². The predicted octanol–water partition coefficient (Wildman–Crippen LogP) is 5.31. The Morgan fingerprint density at radius 3 is 2.37 bits per heavy atom. The fourth-order valence-corrected chi connectivity index (χ4v) is 4.30. The van der Waals surface area contributed by atoms with Crippen molar-refractivity contribution in [3.05, 3.63) is 99.8 Å². The second kappa shape index (κ2) is 13.0. The second-order valence-corrected chi connectivity index (χ2v) is 8.97. The SMILES string of the molecule is CCNC(=O)[C@@H](Cc1ccccc1)N(Cc1ccccc1F)C(=O)COc1ccc(CC)cc1Br. The van der Waals surface area contributed by atoms with E-state index in [2.05, 4.69) is 28.2 Å². The lowest BCUT2D eigenvalue weighted by atomic mass is 10.0. The molecule has 1 atom stereocenters. The number of benzene rings is 3. The maximum Gasteiger partial charge on any atom is 0.261 e. The first-order chi connectivity index (χ1) is 16.9. The van der Waals surface area contributed by atoms with Crippen molar-refractivity contribution in [2.24, 2.45) is 0 Å². The van der Waals surface area contributed by atoms with Crippen LogP contribution in [-0.4, -0.2) is 35.9 Å². The van der Waals surface area contributed by atoms with Crippen molar-refractivity contribution in [2.45, 2.75) is 39.3 Å². The van der Waals surface area contributed by atoms with Crippen LogP contribution in [0.4, 0.5) is 4.39 Å². The number of carbonyl (C=O) groups excluding carboxylic acids is 2. The molecule has 0 fully saturated rings. The number of amides is 2.